The fraction of sp³-hybridized carbons (Fsp3) is 0.158. The summed E-state index contributed by atoms with van der Waals surface area (Å²) in [4.78, 5) is 27.3. The molecule has 3 aromatic rings. The van der Waals surface area contributed by atoms with E-state index in [1.807, 2.05) is 31.2 Å². The Morgan fingerprint density at radius 3 is 2.52 bits per heavy atom. The predicted octanol–water partition coefficient (Wildman–Crippen LogP) is 2.84. The Bertz CT molecular complexity index is 1020. The number of rotatable bonds is 5. The molecule has 7 nitrogen and oxygen atoms in total. The van der Waals surface area contributed by atoms with Gasteiger partial charge in [-0.05, 0) is 32.0 Å². The zero-order chi connectivity index (χ0) is 19.4. The van der Waals surface area contributed by atoms with E-state index in [4.69, 9.17) is 5.73 Å². The van der Waals surface area contributed by atoms with Crippen molar-refractivity contribution < 1.29 is 4.79 Å². The van der Waals surface area contributed by atoms with Gasteiger partial charge in [0, 0.05) is 16.9 Å². The Balaban J connectivity index is 1.71. The minimum atomic E-state index is -0.469. The SMILES string of the molecule is Cc1ccc(NC(=O)[C@@H](C)Sc2nnc(-c3ccccc3N)c(=O)[nH]2)cc1. The third-order valence-electron chi connectivity index (χ3n) is 3.87. The molecule has 1 amide bonds. The Labute approximate surface area is 160 Å². The van der Waals surface area contributed by atoms with E-state index in [1.165, 1.54) is 0 Å². The lowest BCUT2D eigenvalue weighted by molar-refractivity contribution is -0.115. The number of aromatic nitrogens is 3. The van der Waals surface area contributed by atoms with Crippen molar-refractivity contribution in [3.05, 3.63) is 64.4 Å². The van der Waals surface area contributed by atoms with Crippen molar-refractivity contribution in [1.29, 1.82) is 0 Å². The monoisotopic (exact) mass is 381 g/mol. The van der Waals surface area contributed by atoms with Gasteiger partial charge in [-0.25, -0.2) is 0 Å². The molecule has 0 aliphatic rings. The van der Waals surface area contributed by atoms with Crippen LogP contribution < -0.4 is 16.6 Å². The maximum atomic E-state index is 12.3. The molecule has 0 spiro atoms. The normalized spacial score (nSPS) is 11.8. The molecule has 4 N–H and O–H groups in total. The average molecular weight is 381 g/mol. The number of aromatic amines is 1. The molecule has 1 heterocycles. The van der Waals surface area contributed by atoms with E-state index in [2.05, 4.69) is 20.5 Å². The van der Waals surface area contributed by atoms with E-state index in [-0.39, 0.29) is 16.8 Å². The first-order valence-electron chi connectivity index (χ1n) is 8.30. The molecule has 3 rings (SSSR count). The fourth-order valence-electron chi connectivity index (χ4n) is 2.37. The third-order valence-corrected chi connectivity index (χ3v) is 4.84. The number of nitrogens with zero attached hydrogens (tertiary/aromatic N) is 2. The predicted molar refractivity (Wildman–Crippen MR) is 108 cm³/mol. The maximum Gasteiger partial charge on any atom is 0.278 e. The van der Waals surface area contributed by atoms with Crippen molar-refractivity contribution in [2.24, 2.45) is 0 Å². The van der Waals surface area contributed by atoms with Crippen molar-refractivity contribution in [3.63, 3.8) is 0 Å². The molecule has 1 atom stereocenters. The van der Waals surface area contributed by atoms with Gasteiger partial charge in [0.15, 0.2) is 10.9 Å². The second kappa shape index (κ2) is 8.05. The van der Waals surface area contributed by atoms with Gasteiger partial charge in [0.2, 0.25) is 5.91 Å². The summed E-state index contributed by atoms with van der Waals surface area (Å²) in [7, 11) is 0. The van der Waals surface area contributed by atoms with Gasteiger partial charge in [0.25, 0.3) is 5.56 Å². The van der Waals surface area contributed by atoms with E-state index in [1.54, 1.807) is 31.2 Å². The average Bonchev–Trinajstić information content (AvgIpc) is 2.64. The highest BCUT2D eigenvalue weighted by molar-refractivity contribution is 8.00. The molecule has 138 valence electrons. The smallest absolute Gasteiger partial charge is 0.278 e. The van der Waals surface area contributed by atoms with Crippen molar-refractivity contribution in [2.45, 2.75) is 24.3 Å². The molecule has 0 radical (unpaired) electrons. The number of nitrogen functional groups attached to an aromatic ring is 1. The second-order valence-electron chi connectivity index (χ2n) is 6.01. The number of para-hydroxylation sites is 1. The summed E-state index contributed by atoms with van der Waals surface area (Å²) < 4.78 is 0. The number of amides is 1. The van der Waals surface area contributed by atoms with Crippen molar-refractivity contribution in [3.8, 4) is 11.3 Å². The highest BCUT2D eigenvalue weighted by Gasteiger charge is 2.17. The number of aryl methyl sites for hydroxylation is 1. The van der Waals surface area contributed by atoms with Gasteiger partial charge in [-0.2, -0.15) is 0 Å². The summed E-state index contributed by atoms with van der Waals surface area (Å²) in [6.45, 7) is 3.71. The lowest BCUT2D eigenvalue weighted by Gasteiger charge is -2.11. The molecule has 0 unspecified atom stereocenters. The number of anilines is 2. The van der Waals surface area contributed by atoms with Gasteiger partial charge in [-0.1, -0.05) is 47.7 Å². The van der Waals surface area contributed by atoms with Crippen LogP contribution in [0.4, 0.5) is 11.4 Å². The topological polar surface area (TPSA) is 114 Å². The van der Waals surface area contributed by atoms with Crippen molar-refractivity contribution in [1.82, 2.24) is 15.2 Å². The van der Waals surface area contributed by atoms with E-state index in [0.717, 1.165) is 17.3 Å². The quantitative estimate of drug-likeness (QED) is 0.463. The Morgan fingerprint density at radius 2 is 1.85 bits per heavy atom. The van der Waals surface area contributed by atoms with Gasteiger partial charge >= 0.3 is 0 Å². The van der Waals surface area contributed by atoms with Crippen LogP contribution in [0.1, 0.15) is 12.5 Å². The van der Waals surface area contributed by atoms with Crippen molar-refractivity contribution in [2.75, 3.05) is 11.1 Å². The van der Waals surface area contributed by atoms with Crippen LogP contribution >= 0.6 is 11.8 Å². The first-order valence-corrected chi connectivity index (χ1v) is 9.18. The molecular formula is C19H19N5O2S. The highest BCUT2D eigenvalue weighted by atomic mass is 32.2. The summed E-state index contributed by atoms with van der Waals surface area (Å²) in [5.74, 6) is -0.192. The number of nitrogens with two attached hydrogens (primary N) is 1. The van der Waals surface area contributed by atoms with Gasteiger partial charge in [0.05, 0.1) is 5.25 Å². The summed E-state index contributed by atoms with van der Waals surface area (Å²) in [6.07, 6.45) is 0. The zero-order valence-electron chi connectivity index (χ0n) is 14.9. The Hall–Kier alpha value is -3.13. The molecule has 0 aliphatic heterocycles. The number of benzene rings is 2. The largest absolute Gasteiger partial charge is 0.398 e. The van der Waals surface area contributed by atoms with Gasteiger partial charge in [0.1, 0.15) is 0 Å². The minimum Gasteiger partial charge on any atom is -0.398 e. The van der Waals surface area contributed by atoms with Crippen LogP contribution in [-0.4, -0.2) is 26.3 Å². The summed E-state index contributed by atoms with van der Waals surface area (Å²) >= 11 is 1.12. The van der Waals surface area contributed by atoms with E-state index in [0.29, 0.717) is 16.9 Å². The standard InChI is InChI=1S/C19H19N5O2S/c1-11-7-9-13(10-8-11)21-17(25)12(2)27-19-22-18(26)16(23-24-19)14-5-3-4-6-15(14)20/h3-10,12H,20H2,1-2H3,(H,21,25)(H,22,24,26)/t12-/m1/s1. The molecule has 0 bridgehead atoms. The minimum absolute atomic E-state index is 0.147. The van der Waals surface area contributed by atoms with Crippen LogP contribution in [-0.2, 0) is 4.79 Å². The number of H-pyrrole nitrogens is 1. The molecule has 27 heavy (non-hydrogen) atoms. The van der Waals surface area contributed by atoms with Crippen LogP contribution in [0, 0.1) is 6.92 Å². The maximum absolute atomic E-state index is 12.3. The number of hydrogen-bond acceptors (Lipinski definition) is 6. The summed E-state index contributed by atoms with van der Waals surface area (Å²) in [6, 6.07) is 14.5. The number of carbonyl (C=O) groups excluding carboxylic acids is 1. The Kier molecular flexibility index (Phi) is 5.56. The van der Waals surface area contributed by atoms with Crippen LogP contribution in [0.5, 0.6) is 0 Å². The number of carbonyl (C=O) groups is 1. The number of hydrogen-bond donors (Lipinski definition) is 3. The van der Waals surface area contributed by atoms with Gasteiger partial charge in [-0.3, -0.25) is 14.6 Å². The van der Waals surface area contributed by atoms with Crippen LogP contribution in [0.3, 0.4) is 0 Å². The van der Waals surface area contributed by atoms with E-state index in [9.17, 15) is 9.59 Å². The van der Waals surface area contributed by atoms with E-state index >= 15 is 0 Å². The summed E-state index contributed by atoms with van der Waals surface area (Å²) in [5.41, 5.74) is 8.42. The van der Waals surface area contributed by atoms with Gasteiger partial charge in [-0.15, -0.1) is 10.2 Å². The van der Waals surface area contributed by atoms with E-state index < -0.39 is 10.8 Å². The molecule has 0 fully saturated rings. The number of nitrogens with one attached hydrogen (secondary N) is 2. The first kappa shape index (κ1) is 18.7. The molecule has 0 saturated carbocycles. The lowest BCUT2D eigenvalue weighted by atomic mass is 10.1. The summed E-state index contributed by atoms with van der Waals surface area (Å²) in [5, 5.41) is 10.6. The lowest BCUT2D eigenvalue weighted by Crippen LogP contribution is -2.23. The number of thioether (sulfide) groups is 1. The molecule has 2 aromatic carbocycles. The van der Waals surface area contributed by atoms with Crippen LogP contribution in [0.15, 0.2) is 58.5 Å². The third kappa shape index (κ3) is 4.53. The zero-order valence-corrected chi connectivity index (χ0v) is 15.7. The molecule has 0 saturated heterocycles. The second-order valence-corrected chi connectivity index (χ2v) is 7.34. The fourth-order valence-corrected chi connectivity index (χ4v) is 3.11. The highest BCUT2D eigenvalue weighted by Crippen LogP contribution is 2.22. The van der Waals surface area contributed by atoms with Crippen LogP contribution in [0.2, 0.25) is 0 Å². The van der Waals surface area contributed by atoms with Crippen molar-refractivity contribution >= 4 is 29.0 Å². The van der Waals surface area contributed by atoms with Gasteiger partial charge < -0.3 is 11.1 Å². The molecule has 0 aliphatic carbocycles. The molecule has 8 heteroatoms. The molecule has 1 aromatic heterocycles. The Morgan fingerprint density at radius 1 is 1.15 bits per heavy atom. The first-order chi connectivity index (χ1) is 12.9. The van der Waals surface area contributed by atoms with Crippen LogP contribution in [0.25, 0.3) is 11.3 Å². The molecular weight excluding hydrogens is 362 g/mol.